The van der Waals surface area contributed by atoms with Crippen molar-refractivity contribution in [3.8, 4) is 0 Å². The SMILES string of the molecule is CCCCC(CNC(=O)OC(C)(C)C)NC(=NCCCc1cn[nH]c1C)NCC. The number of guanidine groups is 1. The molecule has 0 spiro atoms. The van der Waals surface area contributed by atoms with Crippen molar-refractivity contribution in [1.82, 2.24) is 26.1 Å². The summed E-state index contributed by atoms with van der Waals surface area (Å²) in [7, 11) is 0. The second-order valence-corrected chi connectivity index (χ2v) is 8.25. The number of nitrogens with zero attached hydrogens (tertiary/aromatic N) is 2. The van der Waals surface area contributed by atoms with Crippen LogP contribution in [0.4, 0.5) is 4.79 Å². The number of aryl methyl sites for hydroxylation is 2. The first kappa shape index (κ1) is 24.8. The highest BCUT2D eigenvalue weighted by molar-refractivity contribution is 5.80. The van der Waals surface area contributed by atoms with Crippen LogP contribution in [-0.2, 0) is 11.2 Å². The van der Waals surface area contributed by atoms with Gasteiger partial charge in [0.1, 0.15) is 5.60 Å². The molecule has 1 aromatic rings. The number of aliphatic imine (C=N–C) groups is 1. The van der Waals surface area contributed by atoms with Crippen molar-refractivity contribution in [2.45, 2.75) is 85.3 Å². The summed E-state index contributed by atoms with van der Waals surface area (Å²) >= 11 is 0. The minimum absolute atomic E-state index is 0.0939. The fraction of sp³-hybridized carbons (Fsp3) is 0.762. The average molecular weight is 409 g/mol. The maximum atomic E-state index is 12.0. The molecule has 1 unspecified atom stereocenters. The first-order chi connectivity index (χ1) is 13.7. The van der Waals surface area contributed by atoms with Crippen LogP contribution in [0.5, 0.6) is 0 Å². The number of nitrogens with one attached hydrogen (secondary N) is 4. The lowest BCUT2D eigenvalue weighted by atomic mass is 10.1. The van der Waals surface area contributed by atoms with Gasteiger partial charge in [-0.25, -0.2) is 4.79 Å². The van der Waals surface area contributed by atoms with Crippen molar-refractivity contribution in [2.75, 3.05) is 19.6 Å². The van der Waals surface area contributed by atoms with E-state index in [1.165, 1.54) is 5.56 Å². The Hall–Kier alpha value is -2.25. The van der Waals surface area contributed by atoms with Gasteiger partial charge in [-0.05, 0) is 59.4 Å². The van der Waals surface area contributed by atoms with Crippen LogP contribution in [0, 0.1) is 6.92 Å². The minimum Gasteiger partial charge on any atom is -0.444 e. The molecule has 1 amide bonds. The zero-order valence-electron chi connectivity index (χ0n) is 19.0. The number of aromatic nitrogens is 2. The van der Waals surface area contributed by atoms with Crippen LogP contribution in [0.15, 0.2) is 11.2 Å². The third-order valence-electron chi connectivity index (χ3n) is 4.29. The highest BCUT2D eigenvalue weighted by atomic mass is 16.6. The summed E-state index contributed by atoms with van der Waals surface area (Å²) in [5, 5.41) is 16.7. The van der Waals surface area contributed by atoms with Gasteiger partial charge in [-0.2, -0.15) is 5.10 Å². The van der Waals surface area contributed by atoms with Crippen LogP contribution < -0.4 is 16.0 Å². The molecule has 0 aromatic carbocycles. The second-order valence-electron chi connectivity index (χ2n) is 8.25. The fourth-order valence-corrected chi connectivity index (χ4v) is 2.80. The summed E-state index contributed by atoms with van der Waals surface area (Å²) in [5.74, 6) is 0.781. The predicted molar refractivity (Wildman–Crippen MR) is 118 cm³/mol. The van der Waals surface area contributed by atoms with Crippen LogP contribution in [0.1, 0.15) is 71.6 Å². The molecule has 29 heavy (non-hydrogen) atoms. The number of aromatic amines is 1. The number of rotatable bonds is 11. The van der Waals surface area contributed by atoms with E-state index in [1.807, 2.05) is 40.8 Å². The molecule has 0 aliphatic heterocycles. The molecular weight excluding hydrogens is 368 g/mol. The summed E-state index contributed by atoms with van der Waals surface area (Å²) in [6.45, 7) is 13.8. The van der Waals surface area contributed by atoms with E-state index in [0.717, 1.165) is 56.8 Å². The first-order valence-electron chi connectivity index (χ1n) is 10.8. The highest BCUT2D eigenvalue weighted by Crippen LogP contribution is 2.07. The number of hydrogen-bond acceptors (Lipinski definition) is 4. The van der Waals surface area contributed by atoms with Gasteiger partial charge >= 0.3 is 6.09 Å². The largest absolute Gasteiger partial charge is 0.444 e. The monoisotopic (exact) mass is 408 g/mol. The molecule has 1 heterocycles. The molecule has 0 fully saturated rings. The van der Waals surface area contributed by atoms with E-state index in [1.54, 1.807) is 0 Å². The third kappa shape index (κ3) is 11.4. The standard InChI is InChI=1S/C21H40N6O2/c1-7-9-12-18(15-24-20(28)29-21(4,5)6)26-19(22-8-2)23-13-10-11-17-14-25-27-16(17)3/h14,18H,7-13,15H2,1-6H3,(H,24,28)(H,25,27)(H2,22,23,26). The smallest absolute Gasteiger partial charge is 0.407 e. The molecule has 4 N–H and O–H groups in total. The minimum atomic E-state index is -0.500. The third-order valence-corrected chi connectivity index (χ3v) is 4.29. The molecular formula is C21H40N6O2. The van der Waals surface area contributed by atoms with E-state index in [4.69, 9.17) is 9.73 Å². The van der Waals surface area contributed by atoms with E-state index in [0.29, 0.717) is 6.54 Å². The van der Waals surface area contributed by atoms with E-state index in [9.17, 15) is 4.79 Å². The lowest BCUT2D eigenvalue weighted by Gasteiger charge is -2.24. The highest BCUT2D eigenvalue weighted by Gasteiger charge is 2.18. The summed E-state index contributed by atoms with van der Waals surface area (Å²) in [6.07, 6.45) is 6.52. The van der Waals surface area contributed by atoms with Crippen LogP contribution in [0.2, 0.25) is 0 Å². The summed E-state index contributed by atoms with van der Waals surface area (Å²) < 4.78 is 5.34. The van der Waals surface area contributed by atoms with E-state index >= 15 is 0 Å². The van der Waals surface area contributed by atoms with Gasteiger partial charge in [0, 0.05) is 31.4 Å². The summed E-state index contributed by atoms with van der Waals surface area (Å²) in [5.41, 5.74) is 1.85. The Morgan fingerprint density at radius 1 is 1.28 bits per heavy atom. The molecule has 1 atom stereocenters. The van der Waals surface area contributed by atoms with Crippen molar-refractivity contribution in [2.24, 2.45) is 4.99 Å². The maximum Gasteiger partial charge on any atom is 0.407 e. The summed E-state index contributed by atoms with van der Waals surface area (Å²) in [6, 6.07) is 0.0939. The topological polar surface area (TPSA) is 103 Å². The zero-order chi connectivity index (χ0) is 21.7. The Bertz CT molecular complexity index is 621. The molecule has 166 valence electrons. The van der Waals surface area contributed by atoms with Crippen LogP contribution in [0.25, 0.3) is 0 Å². The number of unbranched alkanes of at least 4 members (excludes halogenated alkanes) is 1. The van der Waals surface area contributed by atoms with Gasteiger partial charge in [-0.15, -0.1) is 0 Å². The van der Waals surface area contributed by atoms with Gasteiger partial charge in [0.25, 0.3) is 0 Å². The number of carbonyl (C=O) groups excluding carboxylic acids is 1. The van der Waals surface area contributed by atoms with E-state index in [2.05, 4.69) is 33.1 Å². The lowest BCUT2D eigenvalue weighted by molar-refractivity contribution is 0.0522. The van der Waals surface area contributed by atoms with Gasteiger partial charge < -0.3 is 20.7 Å². The van der Waals surface area contributed by atoms with Gasteiger partial charge in [0.15, 0.2) is 5.96 Å². The van der Waals surface area contributed by atoms with Gasteiger partial charge in [0.05, 0.1) is 6.20 Å². The number of carbonyl (C=O) groups is 1. The predicted octanol–water partition coefficient (Wildman–Crippen LogP) is 3.29. The van der Waals surface area contributed by atoms with Crippen molar-refractivity contribution >= 4 is 12.1 Å². The van der Waals surface area contributed by atoms with Crippen LogP contribution >= 0.6 is 0 Å². The lowest BCUT2D eigenvalue weighted by Crippen LogP contribution is -2.49. The number of H-pyrrole nitrogens is 1. The molecule has 0 aliphatic carbocycles. The van der Waals surface area contributed by atoms with E-state index < -0.39 is 11.7 Å². The number of hydrogen-bond donors (Lipinski definition) is 4. The molecule has 8 nitrogen and oxygen atoms in total. The molecule has 0 radical (unpaired) electrons. The van der Waals surface area contributed by atoms with Gasteiger partial charge in [-0.3, -0.25) is 10.1 Å². The maximum absolute atomic E-state index is 12.0. The first-order valence-corrected chi connectivity index (χ1v) is 10.8. The fourth-order valence-electron chi connectivity index (χ4n) is 2.80. The molecule has 0 saturated heterocycles. The number of alkyl carbamates (subject to hydrolysis) is 1. The van der Waals surface area contributed by atoms with E-state index in [-0.39, 0.29) is 6.04 Å². The van der Waals surface area contributed by atoms with Crippen molar-refractivity contribution < 1.29 is 9.53 Å². The van der Waals surface area contributed by atoms with Gasteiger partial charge in [-0.1, -0.05) is 19.8 Å². The molecule has 0 aliphatic rings. The van der Waals surface area contributed by atoms with Crippen molar-refractivity contribution in [3.63, 3.8) is 0 Å². The molecule has 0 saturated carbocycles. The molecule has 1 rings (SSSR count). The second kappa shape index (κ2) is 13.1. The molecule has 1 aromatic heterocycles. The normalized spacial score (nSPS) is 13.1. The quantitative estimate of drug-likeness (QED) is 0.256. The van der Waals surface area contributed by atoms with Crippen molar-refractivity contribution in [3.05, 3.63) is 17.5 Å². The molecule has 0 bridgehead atoms. The Morgan fingerprint density at radius 3 is 2.62 bits per heavy atom. The van der Waals surface area contributed by atoms with Crippen molar-refractivity contribution in [1.29, 1.82) is 0 Å². The number of amides is 1. The molecule has 8 heteroatoms. The van der Waals surface area contributed by atoms with Crippen LogP contribution in [0.3, 0.4) is 0 Å². The van der Waals surface area contributed by atoms with Crippen LogP contribution in [-0.4, -0.2) is 53.5 Å². The Kier molecular flexibility index (Phi) is 11.2. The Balaban J connectivity index is 2.57. The number of ether oxygens (including phenoxy) is 1. The Labute approximate surface area is 175 Å². The average Bonchev–Trinajstić information content (AvgIpc) is 3.04. The van der Waals surface area contributed by atoms with Gasteiger partial charge in [0.2, 0.25) is 0 Å². The Morgan fingerprint density at radius 2 is 2.03 bits per heavy atom. The zero-order valence-corrected chi connectivity index (χ0v) is 19.0. The summed E-state index contributed by atoms with van der Waals surface area (Å²) in [4.78, 5) is 16.7.